The Morgan fingerprint density at radius 3 is 2.54 bits per heavy atom. The fourth-order valence-electron chi connectivity index (χ4n) is 2.51. The lowest BCUT2D eigenvalue weighted by Gasteiger charge is -2.32. The number of hydrogen-bond donors (Lipinski definition) is 4. The number of anilines is 2. The fraction of sp³-hybridized carbons (Fsp3) is 0.556. The molecule has 8 heteroatoms. The van der Waals surface area contributed by atoms with Gasteiger partial charge in [-0.05, 0) is 38.1 Å². The monoisotopic (exact) mass is 365 g/mol. The second kappa shape index (κ2) is 13.0. The molecule has 2 rings (SSSR count). The normalized spacial score (nSPS) is 17.3. The van der Waals surface area contributed by atoms with E-state index in [0.717, 1.165) is 6.54 Å². The van der Waals surface area contributed by atoms with Crippen LogP contribution < -0.4 is 22.6 Å². The summed E-state index contributed by atoms with van der Waals surface area (Å²) < 4.78 is 0. The van der Waals surface area contributed by atoms with Gasteiger partial charge in [-0.1, -0.05) is 20.3 Å². The fourth-order valence-corrected chi connectivity index (χ4v) is 2.51. The van der Waals surface area contributed by atoms with Gasteiger partial charge in [0.1, 0.15) is 5.82 Å². The summed E-state index contributed by atoms with van der Waals surface area (Å²) in [6.07, 6.45) is 7.67. The van der Waals surface area contributed by atoms with Gasteiger partial charge in [0.2, 0.25) is 0 Å². The van der Waals surface area contributed by atoms with Crippen LogP contribution in [0.4, 0.5) is 11.5 Å². The molecule has 1 aromatic heterocycles. The summed E-state index contributed by atoms with van der Waals surface area (Å²) in [5, 5.41) is 1.59. The molecule has 1 fully saturated rings. The molecule has 1 saturated heterocycles. The lowest BCUT2D eigenvalue weighted by atomic mass is 9.97. The number of rotatable bonds is 4. The maximum absolute atomic E-state index is 9.91. The Kier molecular flexibility index (Phi) is 11.8. The average Bonchev–Trinajstić information content (AvgIpc) is 2.66. The molecule has 0 amide bonds. The Balaban J connectivity index is 0.000000492. The van der Waals surface area contributed by atoms with Gasteiger partial charge in [0.15, 0.2) is 6.29 Å². The molecule has 2 heterocycles. The summed E-state index contributed by atoms with van der Waals surface area (Å²) in [5.41, 5.74) is 21.3. The number of nitrogens with zero attached hydrogens (tertiary/aromatic N) is 3. The molecule has 1 atom stereocenters. The highest BCUT2D eigenvalue weighted by atomic mass is 16.1. The summed E-state index contributed by atoms with van der Waals surface area (Å²) in [5.74, 6) is 0.428. The molecule has 0 radical (unpaired) electrons. The van der Waals surface area contributed by atoms with E-state index in [4.69, 9.17) is 17.2 Å². The number of carbonyl (C=O) groups is 1. The van der Waals surface area contributed by atoms with Crippen molar-refractivity contribution in [3.8, 4) is 0 Å². The first-order valence-electron chi connectivity index (χ1n) is 8.92. The first-order chi connectivity index (χ1) is 12.4. The third kappa shape index (κ3) is 8.17. The van der Waals surface area contributed by atoms with Crippen LogP contribution in [0, 0.1) is 0 Å². The Bertz CT molecular complexity index is 562. The van der Waals surface area contributed by atoms with E-state index < -0.39 is 0 Å². The third-order valence-corrected chi connectivity index (χ3v) is 3.96. The summed E-state index contributed by atoms with van der Waals surface area (Å²) in [4.78, 5) is 16.4. The van der Waals surface area contributed by atoms with Crippen LogP contribution in [0.2, 0.25) is 0 Å². The van der Waals surface area contributed by atoms with E-state index in [9.17, 15) is 4.79 Å². The standard InChI is InChI=1S/C11H18N4.C5H11N3O.C2H6/c1-15-5-3-2-4-10(15)8-6-9(12)11(13)14-7-8;1-7-8(2)3-5(6)4-9;1-2/h6-7,10H,2-5,12H2,1H3,(H2,13,14);3-4,7H,6H2,1-2H3;1-2H3/b;5-3+;. The number of nitrogens with one attached hydrogen (secondary N) is 1. The highest BCUT2D eigenvalue weighted by molar-refractivity contribution is 5.71. The Hall–Kier alpha value is -2.32. The Morgan fingerprint density at radius 1 is 1.38 bits per heavy atom. The molecular weight excluding hydrogens is 330 g/mol. The largest absolute Gasteiger partial charge is 0.396 e. The molecule has 1 aliphatic rings. The van der Waals surface area contributed by atoms with Crippen molar-refractivity contribution in [3.05, 3.63) is 29.7 Å². The average molecular weight is 366 g/mol. The Labute approximate surface area is 157 Å². The van der Waals surface area contributed by atoms with E-state index in [1.807, 2.05) is 26.1 Å². The van der Waals surface area contributed by atoms with Crippen LogP contribution >= 0.6 is 0 Å². The molecule has 1 aromatic rings. The number of hydrazine groups is 1. The quantitative estimate of drug-likeness (QED) is 0.359. The molecule has 0 aromatic carbocycles. The van der Waals surface area contributed by atoms with E-state index in [0.29, 0.717) is 23.8 Å². The van der Waals surface area contributed by atoms with Crippen LogP contribution in [-0.2, 0) is 4.79 Å². The SMILES string of the molecule is CC.CN1CCCCC1c1cnc(N)c(N)c1.CNN(C)/C=C(/N)C=O. The summed E-state index contributed by atoms with van der Waals surface area (Å²) in [6, 6.07) is 2.41. The van der Waals surface area contributed by atoms with Gasteiger partial charge < -0.3 is 22.2 Å². The summed E-state index contributed by atoms with van der Waals surface area (Å²) in [7, 11) is 5.63. The predicted molar refractivity (Wildman–Crippen MR) is 109 cm³/mol. The predicted octanol–water partition coefficient (Wildman–Crippen LogP) is 1.48. The number of aromatic nitrogens is 1. The number of nitrogen functional groups attached to an aromatic ring is 2. The van der Waals surface area contributed by atoms with Crippen molar-refractivity contribution in [2.45, 2.75) is 39.2 Å². The smallest absolute Gasteiger partial charge is 0.167 e. The summed E-state index contributed by atoms with van der Waals surface area (Å²) >= 11 is 0. The highest BCUT2D eigenvalue weighted by Crippen LogP contribution is 2.30. The molecule has 0 spiro atoms. The highest BCUT2D eigenvalue weighted by Gasteiger charge is 2.21. The van der Waals surface area contributed by atoms with Gasteiger partial charge in [0.25, 0.3) is 0 Å². The van der Waals surface area contributed by atoms with Crippen LogP contribution in [0.25, 0.3) is 0 Å². The van der Waals surface area contributed by atoms with Crippen LogP contribution in [0.15, 0.2) is 24.2 Å². The van der Waals surface area contributed by atoms with Gasteiger partial charge in [-0.3, -0.25) is 9.69 Å². The number of carbonyl (C=O) groups excluding carboxylic acids is 1. The second-order valence-electron chi connectivity index (χ2n) is 5.82. The van der Waals surface area contributed by atoms with Gasteiger partial charge in [0.05, 0.1) is 11.4 Å². The van der Waals surface area contributed by atoms with Crippen molar-refractivity contribution < 1.29 is 4.79 Å². The molecular formula is C18H35N7O. The number of allylic oxidation sites excluding steroid dienone is 1. The lowest BCUT2D eigenvalue weighted by Crippen LogP contribution is -2.29. The number of piperidine rings is 1. The van der Waals surface area contributed by atoms with Crippen molar-refractivity contribution in [2.75, 3.05) is 39.2 Å². The maximum atomic E-state index is 9.91. The minimum atomic E-state index is 0.201. The third-order valence-electron chi connectivity index (χ3n) is 3.96. The van der Waals surface area contributed by atoms with Crippen LogP contribution in [-0.4, -0.2) is 48.9 Å². The molecule has 0 saturated carbocycles. The number of nitrogens with two attached hydrogens (primary N) is 3. The number of pyridine rings is 1. The van der Waals surface area contributed by atoms with Crippen molar-refractivity contribution in [2.24, 2.45) is 5.73 Å². The van der Waals surface area contributed by atoms with E-state index >= 15 is 0 Å². The van der Waals surface area contributed by atoms with Gasteiger partial charge in [-0.2, -0.15) is 0 Å². The van der Waals surface area contributed by atoms with Gasteiger partial charge in [0, 0.05) is 32.5 Å². The first kappa shape index (κ1) is 23.7. The topological polar surface area (TPSA) is 127 Å². The van der Waals surface area contributed by atoms with Crippen molar-refractivity contribution >= 4 is 17.8 Å². The Morgan fingerprint density at radius 2 is 2.04 bits per heavy atom. The molecule has 148 valence electrons. The second-order valence-corrected chi connectivity index (χ2v) is 5.82. The molecule has 1 aliphatic heterocycles. The maximum Gasteiger partial charge on any atom is 0.167 e. The summed E-state index contributed by atoms with van der Waals surface area (Å²) in [6.45, 7) is 5.15. The molecule has 1 unspecified atom stereocenters. The van der Waals surface area contributed by atoms with Gasteiger partial charge in [-0.15, -0.1) is 0 Å². The van der Waals surface area contributed by atoms with Crippen molar-refractivity contribution in [1.29, 1.82) is 0 Å². The van der Waals surface area contributed by atoms with Gasteiger partial charge in [-0.25, -0.2) is 10.4 Å². The van der Waals surface area contributed by atoms with Crippen molar-refractivity contribution in [3.63, 3.8) is 0 Å². The number of aldehydes is 1. The van der Waals surface area contributed by atoms with Crippen molar-refractivity contribution in [1.82, 2.24) is 20.3 Å². The molecule has 0 bridgehead atoms. The molecule has 26 heavy (non-hydrogen) atoms. The molecule has 7 N–H and O–H groups in total. The number of hydrogen-bond acceptors (Lipinski definition) is 8. The van der Waals surface area contributed by atoms with Gasteiger partial charge >= 0.3 is 0 Å². The van der Waals surface area contributed by atoms with Crippen LogP contribution in [0.3, 0.4) is 0 Å². The zero-order chi connectivity index (χ0) is 20.1. The molecule has 8 nitrogen and oxygen atoms in total. The minimum Gasteiger partial charge on any atom is -0.396 e. The lowest BCUT2D eigenvalue weighted by molar-refractivity contribution is -0.105. The zero-order valence-electron chi connectivity index (χ0n) is 16.7. The van der Waals surface area contributed by atoms with E-state index in [2.05, 4.69) is 22.4 Å². The van der Waals surface area contributed by atoms with Crippen LogP contribution in [0.5, 0.6) is 0 Å². The molecule has 0 aliphatic carbocycles. The zero-order valence-corrected chi connectivity index (χ0v) is 16.7. The van der Waals surface area contributed by atoms with E-state index in [1.54, 1.807) is 19.1 Å². The minimum absolute atomic E-state index is 0.201. The number of likely N-dealkylation sites (tertiary alicyclic amines) is 1. The van der Waals surface area contributed by atoms with E-state index in [-0.39, 0.29) is 5.70 Å². The van der Waals surface area contributed by atoms with E-state index in [1.165, 1.54) is 31.0 Å². The van der Waals surface area contributed by atoms with Crippen LogP contribution in [0.1, 0.15) is 44.7 Å². The first-order valence-corrected chi connectivity index (χ1v) is 8.92.